The Morgan fingerprint density at radius 1 is 1.10 bits per heavy atom. The van der Waals surface area contributed by atoms with Crippen LogP contribution in [0.2, 0.25) is 0 Å². The number of nitrogens with zero attached hydrogens (tertiary/aromatic N) is 2. The summed E-state index contributed by atoms with van der Waals surface area (Å²) in [6, 6.07) is 7.87. The van der Waals surface area contributed by atoms with Crippen molar-refractivity contribution < 1.29 is 32.5 Å². The quantitative estimate of drug-likeness (QED) is 0.319. The largest absolute Gasteiger partial charge is 0.331 e. The average Bonchev–Trinajstić information content (AvgIpc) is 2.71. The Kier molecular flexibility index (Phi) is 7.38. The van der Waals surface area contributed by atoms with Gasteiger partial charge in [-0.2, -0.15) is 0 Å². The molecule has 2 aromatic rings. The van der Waals surface area contributed by atoms with Crippen molar-refractivity contribution in [3.63, 3.8) is 0 Å². The Balaban J connectivity index is 2.19. The summed E-state index contributed by atoms with van der Waals surface area (Å²) in [5, 5.41) is 19.3. The van der Waals surface area contributed by atoms with Gasteiger partial charge in [0.25, 0.3) is 15.7 Å². The molecule has 160 valence electrons. The number of hydrogen-bond donors (Lipinski definition) is 3. The highest BCUT2D eigenvalue weighted by molar-refractivity contribution is 7.90. The number of nitro groups is 1. The van der Waals surface area contributed by atoms with Gasteiger partial charge < -0.3 is 4.90 Å². The van der Waals surface area contributed by atoms with Crippen molar-refractivity contribution in [3.8, 4) is 0 Å². The first-order chi connectivity index (χ1) is 14.1. The van der Waals surface area contributed by atoms with Gasteiger partial charge in [-0.3, -0.25) is 20.1 Å². The van der Waals surface area contributed by atoms with Crippen LogP contribution in [0.3, 0.4) is 0 Å². The Morgan fingerprint density at radius 2 is 1.70 bits per heavy atom. The van der Waals surface area contributed by atoms with Crippen LogP contribution >= 0.6 is 0 Å². The summed E-state index contributed by atoms with van der Waals surface area (Å²) in [6.45, 7) is -0.449. The second-order valence-electron chi connectivity index (χ2n) is 5.99. The lowest BCUT2D eigenvalue weighted by Gasteiger charge is -2.23. The molecule has 0 heterocycles. The molecule has 0 radical (unpaired) electrons. The van der Waals surface area contributed by atoms with E-state index in [4.69, 9.17) is 5.21 Å². The maximum absolute atomic E-state index is 13.0. The van der Waals surface area contributed by atoms with Crippen molar-refractivity contribution >= 4 is 27.6 Å². The van der Waals surface area contributed by atoms with Crippen molar-refractivity contribution in [1.29, 1.82) is 0 Å². The van der Waals surface area contributed by atoms with Gasteiger partial charge in [0.2, 0.25) is 5.91 Å². The number of benzene rings is 2. The molecule has 0 aliphatic carbocycles. The molecule has 0 spiro atoms. The molecule has 30 heavy (non-hydrogen) atoms. The van der Waals surface area contributed by atoms with Crippen LogP contribution in [0, 0.1) is 15.9 Å². The first kappa shape index (κ1) is 22.7. The first-order valence-electron chi connectivity index (χ1n) is 8.36. The lowest BCUT2D eigenvalue weighted by atomic mass is 10.2. The molecule has 3 N–H and O–H groups in total. The first-order valence-corrected chi connectivity index (χ1v) is 9.84. The molecule has 0 fully saturated rings. The van der Waals surface area contributed by atoms with Crippen LogP contribution in [0.4, 0.5) is 14.9 Å². The number of non-ortho nitro benzene ring substituents is 1. The van der Waals surface area contributed by atoms with E-state index in [-0.39, 0.29) is 30.1 Å². The summed E-state index contributed by atoms with van der Waals surface area (Å²) >= 11 is 0. The third-order valence-electron chi connectivity index (χ3n) is 3.89. The standard InChI is InChI=1S/C17H17FN4O7S/c18-13-3-7-15(8-4-13)30(28,29)20-17(24)21(10-9-16(23)19-25)11-12-1-5-14(6-2-12)22(26)27/h1-8,25H,9-11H2,(H,19,23)(H,20,24). The van der Waals surface area contributed by atoms with Gasteiger partial charge in [-0.1, -0.05) is 12.1 Å². The fourth-order valence-electron chi connectivity index (χ4n) is 2.34. The third kappa shape index (κ3) is 6.22. The van der Waals surface area contributed by atoms with Crippen LogP contribution in [0.25, 0.3) is 0 Å². The number of halogens is 1. The van der Waals surface area contributed by atoms with Crippen molar-refractivity contribution in [3.05, 3.63) is 70.0 Å². The normalized spacial score (nSPS) is 10.9. The van der Waals surface area contributed by atoms with E-state index >= 15 is 0 Å². The van der Waals surface area contributed by atoms with E-state index in [1.54, 1.807) is 0 Å². The van der Waals surface area contributed by atoms with Gasteiger partial charge in [0, 0.05) is 31.6 Å². The maximum atomic E-state index is 13.0. The molecule has 0 bridgehead atoms. The van der Waals surface area contributed by atoms with E-state index < -0.39 is 32.7 Å². The van der Waals surface area contributed by atoms with Crippen LogP contribution < -0.4 is 10.2 Å². The number of carbonyl (C=O) groups is 2. The zero-order chi connectivity index (χ0) is 22.3. The predicted octanol–water partition coefficient (Wildman–Crippen LogP) is 1.53. The summed E-state index contributed by atoms with van der Waals surface area (Å²) in [5.41, 5.74) is 1.65. The Morgan fingerprint density at radius 3 is 2.23 bits per heavy atom. The van der Waals surface area contributed by atoms with Crippen LogP contribution in [-0.4, -0.2) is 41.9 Å². The molecule has 0 unspecified atom stereocenters. The third-order valence-corrected chi connectivity index (χ3v) is 5.22. The Labute approximate surface area is 170 Å². The maximum Gasteiger partial charge on any atom is 0.331 e. The van der Waals surface area contributed by atoms with E-state index in [1.807, 2.05) is 4.72 Å². The summed E-state index contributed by atoms with van der Waals surface area (Å²) in [6.07, 6.45) is -0.340. The molecule has 0 atom stereocenters. The molecular formula is C17H17FN4O7S. The highest BCUT2D eigenvalue weighted by Gasteiger charge is 2.23. The topological polar surface area (TPSA) is 159 Å². The fraction of sp³-hybridized carbons (Fsp3) is 0.176. The number of hydrogen-bond acceptors (Lipinski definition) is 7. The number of nitro benzene ring substituents is 1. The van der Waals surface area contributed by atoms with E-state index in [0.29, 0.717) is 5.56 Å². The van der Waals surface area contributed by atoms with Crippen LogP contribution in [0.5, 0.6) is 0 Å². The van der Waals surface area contributed by atoms with Gasteiger partial charge in [-0.05, 0) is 29.8 Å². The van der Waals surface area contributed by atoms with Crippen molar-refractivity contribution in [2.45, 2.75) is 17.9 Å². The van der Waals surface area contributed by atoms with Gasteiger partial charge in [0.15, 0.2) is 0 Å². The lowest BCUT2D eigenvalue weighted by Crippen LogP contribution is -2.43. The fourth-order valence-corrected chi connectivity index (χ4v) is 3.31. The minimum Gasteiger partial charge on any atom is -0.319 e. The zero-order valence-corrected chi connectivity index (χ0v) is 16.1. The van der Waals surface area contributed by atoms with Gasteiger partial charge in [0.05, 0.1) is 9.82 Å². The van der Waals surface area contributed by atoms with Gasteiger partial charge in [-0.15, -0.1) is 0 Å². The SMILES string of the molecule is O=C(CCN(Cc1ccc([N+](=O)[O-])cc1)C(=O)NS(=O)(=O)c1ccc(F)cc1)NO. The predicted molar refractivity (Wildman–Crippen MR) is 100 cm³/mol. The van der Waals surface area contributed by atoms with Gasteiger partial charge in [-0.25, -0.2) is 27.8 Å². The van der Waals surface area contributed by atoms with E-state index in [0.717, 1.165) is 29.2 Å². The number of nitrogens with one attached hydrogen (secondary N) is 2. The number of carbonyl (C=O) groups excluding carboxylic acids is 2. The smallest absolute Gasteiger partial charge is 0.319 e. The van der Waals surface area contributed by atoms with Crippen LogP contribution in [0.1, 0.15) is 12.0 Å². The van der Waals surface area contributed by atoms with Crippen LogP contribution in [-0.2, 0) is 21.4 Å². The van der Waals surface area contributed by atoms with Gasteiger partial charge in [0.1, 0.15) is 5.82 Å². The van der Waals surface area contributed by atoms with E-state index in [1.165, 1.54) is 29.7 Å². The Hall–Kier alpha value is -3.58. The summed E-state index contributed by atoms with van der Waals surface area (Å²) in [7, 11) is -4.32. The van der Waals surface area contributed by atoms with E-state index in [2.05, 4.69) is 0 Å². The number of amides is 3. The number of hydroxylamine groups is 1. The molecular weight excluding hydrogens is 423 g/mol. The second-order valence-corrected chi connectivity index (χ2v) is 7.68. The molecule has 0 saturated heterocycles. The summed E-state index contributed by atoms with van der Waals surface area (Å²) in [4.78, 5) is 34.6. The number of sulfonamides is 1. The molecule has 0 aliphatic rings. The number of rotatable bonds is 8. The van der Waals surface area contributed by atoms with Gasteiger partial charge >= 0.3 is 6.03 Å². The molecule has 0 aliphatic heterocycles. The number of urea groups is 1. The highest BCUT2D eigenvalue weighted by Crippen LogP contribution is 2.15. The van der Waals surface area contributed by atoms with Crippen molar-refractivity contribution in [2.75, 3.05) is 6.54 Å². The minimum atomic E-state index is -4.32. The molecule has 11 nitrogen and oxygen atoms in total. The second kappa shape index (κ2) is 9.76. The summed E-state index contributed by atoms with van der Waals surface area (Å²) in [5.74, 6) is -1.46. The molecule has 2 rings (SSSR count). The molecule has 0 saturated carbocycles. The van der Waals surface area contributed by atoms with Crippen molar-refractivity contribution in [1.82, 2.24) is 15.1 Å². The van der Waals surface area contributed by atoms with Crippen LogP contribution in [0.15, 0.2) is 53.4 Å². The summed E-state index contributed by atoms with van der Waals surface area (Å²) < 4.78 is 39.5. The van der Waals surface area contributed by atoms with Crippen molar-refractivity contribution in [2.24, 2.45) is 0 Å². The lowest BCUT2D eigenvalue weighted by molar-refractivity contribution is -0.384. The average molecular weight is 440 g/mol. The molecule has 3 amide bonds. The zero-order valence-electron chi connectivity index (χ0n) is 15.3. The minimum absolute atomic E-state index is 0.173. The molecule has 13 heteroatoms. The highest BCUT2D eigenvalue weighted by atomic mass is 32.2. The molecule has 2 aromatic carbocycles. The molecule has 0 aromatic heterocycles. The monoisotopic (exact) mass is 440 g/mol. The Bertz CT molecular complexity index is 1030. The van der Waals surface area contributed by atoms with E-state index in [9.17, 15) is 32.5 Å².